The lowest BCUT2D eigenvalue weighted by molar-refractivity contribution is -0.125. The summed E-state index contributed by atoms with van der Waals surface area (Å²) in [5.41, 5.74) is 1.63. The molecule has 2 aromatic rings. The molecule has 2 aromatic heterocycles. The normalized spacial score (nSPS) is 11.0. The van der Waals surface area contributed by atoms with Crippen LogP contribution in [0.5, 0.6) is 0 Å². The summed E-state index contributed by atoms with van der Waals surface area (Å²) in [6.07, 6.45) is 21.7. The van der Waals surface area contributed by atoms with Crippen molar-refractivity contribution in [2.75, 3.05) is 19.6 Å². The van der Waals surface area contributed by atoms with Gasteiger partial charge in [0, 0.05) is 12.4 Å². The number of carbonyl (C=O) groups excluding carboxylic acids is 2. The second kappa shape index (κ2) is 22.1. The van der Waals surface area contributed by atoms with E-state index in [9.17, 15) is 9.59 Å². The van der Waals surface area contributed by atoms with Crippen LogP contribution in [0.1, 0.15) is 108 Å². The minimum Gasteiger partial charge on any atom is -0.349 e. The van der Waals surface area contributed by atoms with Crippen LogP contribution in [-0.2, 0) is 22.7 Å². The second-order valence-corrected chi connectivity index (χ2v) is 10.5. The Labute approximate surface area is 236 Å². The van der Waals surface area contributed by atoms with Gasteiger partial charge in [-0.1, -0.05) is 103 Å². The van der Waals surface area contributed by atoms with E-state index in [1.54, 1.807) is 12.4 Å². The lowest BCUT2D eigenvalue weighted by Crippen LogP contribution is -2.43. The van der Waals surface area contributed by atoms with E-state index in [1.807, 2.05) is 41.3 Å². The molecule has 0 aliphatic rings. The molecule has 2 N–H and O–H groups in total. The lowest BCUT2D eigenvalue weighted by atomic mass is 10.0. The maximum atomic E-state index is 12.6. The average Bonchev–Trinajstić information content (AvgIpc) is 2.96. The summed E-state index contributed by atoms with van der Waals surface area (Å²) in [6, 6.07) is 11.3. The molecule has 0 saturated carbocycles. The van der Waals surface area contributed by atoms with Crippen LogP contribution in [0.15, 0.2) is 48.8 Å². The van der Waals surface area contributed by atoms with Crippen LogP contribution in [0.3, 0.4) is 0 Å². The van der Waals surface area contributed by atoms with Gasteiger partial charge in [-0.05, 0) is 37.2 Å². The number of amides is 2. The number of nitrogens with one attached hydrogen (secondary N) is 2. The first kappa shape index (κ1) is 32.4. The van der Waals surface area contributed by atoms with Gasteiger partial charge in [0.2, 0.25) is 11.8 Å². The highest BCUT2D eigenvalue weighted by molar-refractivity contribution is 5.81. The fourth-order valence-electron chi connectivity index (χ4n) is 4.65. The Bertz CT molecular complexity index is 821. The van der Waals surface area contributed by atoms with E-state index >= 15 is 0 Å². The highest BCUT2D eigenvalue weighted by Crippen LogP contribution is 2.13. The molecule has 0 spiro atoms. The van der Waals surface area contributed by atoms with Gasteiger partial charge in [0.15, 0.2) is 0 Å². The summed E-state index contributed by atoms with van der Waals surface area (Å²) in [5.74, 6) is -0.188. The van der Waals surface area contributed by atoms with Gasteiger partial charge >= 0.3 is 0 Å². The van der Waals surface area contributed by atoms with Crippen LogP contribution in [0.25, 0.3) is 0 Å². The van der Waals surface area contributed by atoms with Crippen molar-refractivity contribution in [3.63, 3.8) is 0 Å². The molecular weight excluding hydrogens is 486 g/mol. The summed E-state index contributed by atoms with van der Waals surface area (Å²) in [4.78, 5) is 35.7. The molecule has 2 amide bonds. The zero-order valence-electron chi connectivity index (χ0n) is 24.2. The number of carbonyl (C=O) groups is 2. The Kier molecular flexibility index (Phi) is 18.3. The van der Waals surface area contributed by atoms with Crippen LogP contribution < -0.4 is 10.6 Å². The maximum absolute atomic E-state index is 12.6. The Morgan fingerprint density at radius 3 is 1.41 bits per heavy atom. The zero-order chi connectivity index (χ0) is 27.8. The molecule has 2 rings (SSSR count). The first-order valence-electron chi connectivity index (χ1n) is 15.2. The van der Waals surface area contributed by atoms with Gasteiger partial charge in [0.25, 0.3) is 0 Å². The lowest BCUT2D eigenvalue weighted by Gasteiger charge is -2.21. The number of nitrogens with zero attached hydrogens (tertiary/aromatic N) is 3. The van der Waals surface area contributed by atoms with Gasteiger partial charge in [-0.15, -0.1) is 0 Å². The van der Waals surface area contributed by atoms with E-state index in [-0.39, 0.29) is 24.9 Å². The predicted molar refractivity (Wildman–Crippen MR) is 159 cm³/mol. The summed E-state index contributed by atoms with van der Waals surface area (Å²) in [6.45, 7) is 4.17. The predicted octanol–water partition coefficient (Wildman–Crippen LogP) is 6.19. The van der Waals surface area contributed by atoms with E-state index in [2.05, 4.69) is 27.5 Å². The molecule has 7 heteroatoms. The summed E-state index contributed by atoms with van der Waals surface area (Å²) in [7, 11) is 0. The second-order valence-electron chi connectivity index (χ2n) is 10.5. The highest BCUT2D eigenvalue weighted by Gasteiger charge is 2.15. The van der Waals surface area contributed by atoms with Crippen molar-refractivity contribution < 1.29 is 9.59 Å². The van der Waals surface area contributed by atoms with Crippen molar-refractivity contribution in [2.24, 2.45) is 0 Å². The largest absolute Gasteiger partial charge is 0.349 e. The molecule has 2 heterocycles. The van der Waals surface area contributed by atoms with Gasteiger partial charge in [-0.3, -0.25) is 24.5 Å². The van der Waals surface area contributed by atoms with Crippen molar-refractivity contribution in [1.82, 2.24) is 25.5 Å². The summed E-state index contributed by atoms with van der Waals surface area (Å²) in [5, 5.41) is 5.85. The number of unbranched alkanes of at least 4 members (excludes halogenated alkanes) is 13. The molecule has 39 heavy (non-hydrogen) atoms. The first-order valence-corrected chi connectivity index (χ1v) is 15.2. The Hall–Kier alpha value is -2.80. The fourth-order valence-corrected chi connectivity index (χ4v) is 4.65. The number of hydrogen-bond acceptors (Lipinski definition) is 5. The van der Waals surface area contributed by atoms with Crippen LogP contribution in [0, 0.1) is 0 Å². The van der Waals surface area contributed by atoms with Crippen molar-refractivity contribution in [3.05, 3.63) is 60.2 Å². The van der Waals surface area contributed by atoms with E-state index in [0.29, 0.717) is 13.1 Å². The number of rotatable bonds is 23. The van der Waals surface area contributed by atoms with Crippen molar-refractivity contribution in [1.29, 1.82) is 0 Å². The molecule has 0 saturated heterocycles. The van der Waals surface area contributed by atoms with Crippen LogP contribution >= 0.6 is 0 Å². The molecule has 0 aliphatic heterocycles. The quantitative estimate of drug-likeness (QED) is 0.165. The molecule has 0 bridgehead atoms. The van der Waals surface area contributed by atoms with Gasteiger partial charge in [-0.25, -0.2) is 0 Å². The van der Waals surface area contributed by atoms with Crippen LogP contribution in [-0.4, -0.2) is 46.3 Å². The summed E-state index contributed by atoms with van der Waals surface area (Å²) < 4.78 is 0. The van der Waals surface area contributed by atoms with Gasteiger partial charge in [-0.2, -0.15) is 0 Å². The van der Waals surface area contributed by atoms with Crippen molar-refractivity contribution in [3.8, 4) is 0 Å². The van der Waals surface area contributed by atoms with Crippen LogP contribution in [0.2, 0.25) is 0 Å². The summed E-state index contributed by atoms with van der Waals surface area (Å²) >= 11 is 0. The minimum absolute atomic E-state index is 0.0939. The van der Waals surface area contributed by atoms with E-state index < -0.39 is 0 Å². The SMILES string of the molecule is CCCCCCCCCCCCCCCCN(CC(=O)NCc1ccccn1)CC(=O)NCc1ccccn1. The van der Waals surface area contributed by atoms with Gasteiger partial charge in [0.1, 0.15) is 0 Å². The molecule has 0 unspecified atom stereocenters. The molecule has 0 aromatic carbocycles. The smallest absolute Gasteiger partial charge is 0.234 e. The molecule has 216 valence electrons. The third-order valence-electron chi connectivity index (χ3n) is 6.95. The Morgan fingerprint density at radius 1 is 0.615 bits per heavy atom. The zero-order valence-corrected chi connectivity index (χ0v) is 24.2. The van der Waals surface area contributed by atoms with Crippen LogP contribution in [0.4, 0.5) is 0 Å². The van der Waals surface area contributed by atoms with E-state index in [4.69, 9.17) is 0 Å². The maximum Gasteiger partial charge on any atom is 0.234 e. The van der Waals surface area contributed by atoms with Gasteiger partial charge < -0.3 is 10.6 Å². The third-order valence-corrected chi connectivity index (χ3v) is 6.95. The highest BCUT2D eigenvalue weighted by atomic mass is 16.2. The number of aromatic nitrogens is 2. The topological polar surface area (TPSA) is 87.2 Å². The Balaban J connectivity index is 1.63. The standard InChI is InChI=1S/C32H51N5O2/c1-2-3-4-5-6-7-8-9-10-11-12-13-14-19-24-37(27-31(38)35-25-29-20-15-17-22-33-29)28-32(39)36-26-30-21-16-18-23-34-30/h15-18,20-23H,2-14,19,24-28H2,1H3,(H,35,38)(H,36,39). The molecule has 0 atom stereocenters. The Morgan fingerprint density at radius 2 is 1.03 bits per heavy atom. The van der Waals surface area contributed by atoms with Crippen molar-refractivity contribution in [2.45, 2.75) is 110 Å². The van der Waals surface area contributed by atoms with E-state index in [1.165, 1.54) is 77.0 Å². The average molecular weight is 538 g/mol. The molecule has 0 aliphatic carbocycles. The van der Waals surface area contributed by atoms with E-state index in [0.717, 1.165) is 30.8 Å². The van der Waals surface area contributed by atoms with Gasteiger partial charge in [0.05, 0.1) is 37.6 Å². The molecule has 0 fully saturated rings. The minimum atomic E-state index is -0.0939. The molecule has 0 radical (unpaired) electrons. The third kappa shape index (κ3) is 17.4. The molecule has 7 nitrogen and oxygen atoms in total. The monoisotopic (exact) mass is 537 g/mol. The number of pyridine rings is 2. The van der Waals surface area contributed by atoms with Crippen molar-refractivity contribution >= 4 is 11.8 Å². The number of hydrogen-bond donors (Lipinski definition) is 2. The first-order chi connectivity index (χ1) is 19.2. The fraction of sp³-hybridized carbons (Fsp3) is 0.625. The molecular formula is C32H51N5O2.